The number of carbonyl (C=O) groups excluding carboxylic acids is 1. The van der Waals surface area contributed by atoms with Crippen molar-refractivity contribution in [3.8, 4) is 0 Å². The number of amides is 1. The maximum absolute atomic E-state index is 12.4. The molecule has 0 bridgehead atoms. The normalized spacial score (nSPS) is 12.6. The van der Waals surface area contributed by atoms with E-state index in [4.69, 9.17) is 0 Å². The van der Waals surface area contributed by atoms with E-state index in [9.17, 15) is 4.79 Å². The molecule has 1 aromatic heterocycles. The molecule has 21 heavy (non-hydrogen) atoms. The molecule has 5 nitrogen and oxygen atoms in total. The Kier molecular flexibility index (Phi) is 7.07. The number of benzene rings is 1. The van der Waals surface area contributed by atoms with Gasteiger partial charge < -0.3 is 17.6 Å². The van der Waals surface area contributed by atoms with E-state index in [1.165, 1.54) is 27.4 Å². The fourth-order valence-electron chi connectivity index (χ4n) is 2.17. The number of aromatic nitrogens is 2. The summed E-state index contributed by atoms with van der Waals surface area (Å²) in [4.78, 5) is 13.9. The minimum Gasteiger partial charge on any atom is -0.364 e. The van der Waals surface area contributed by atoms with E-state index in [1.807, 2.05) is 18.2 Å². The Balaban J connectivity index is 0.00000110. The van der Waals surface area contributed by atoms with Crippen LogP contribution >= 0.6 is 11.3 Å². The molecule has 2 aromatic rings. The predicted octanol–water partition coefficient (Wildman–Crippen LogP) is 1.71. The van der Waals surface area contributed by atoms with Crippen LogP contribution in [-0.2, 0) is 45.7 Å². The van der Waals surface area contributed by atoms with Crippen molar-refractivity contribution in [1.82, 2.24) is 15.5 Å². The molecule has 7 heteroatoms. The Bertz CT molecular complexity index is 603. The second kappa shape index (κ2) is 8.08. The fraction of sp³-hybridized carbons (Fsp3) is 0.286. The fourth-order valence-corrected chi connectivity index (χ4v) is 2.64. The first-order chi connectivity index (χ1) is 9.25. The van der Waals surface area contributed by atoms with Crippen LogP contribution in [0, 0.1) is 12.9 Å². The van der Waals surface area contributed by atoms with Gasteiger partial charge in [-0.2, -0.15) is 0 Å². The third kappa shape index (κ3) is 3.94. The van der Waals surface area contributed by atoms with Gasteiger partial charge in [0.2, 0.25) is 5.91 Å². The van der Waals surface area contributed by atoms with Crippen molar-refractivity contribution in [3.05, 3.63) is 47.8 Å². The van der Waals surface area contributed by atoms with Gasteiger partial charge in [0.15, 0.2) is 0 Å². The van der Waals surface area contributed by atoms with Crippen LogP contribution in [0.2, 0.25) is 0 Å². The molecule has 0 spiro atoms. The summed E-state index contributed by atoms with van der Waals surface area (Å²) in [6.07, 6.45) is 0.965. The summed E-state index contributed by atoms with van der Waals surface area (Å²) < 4.78 is 0. The van der Waals surface area contributed by atoms with E-state index in [0.29, 0.717) is 10.7 Å². The SMILES string of the molecule is CN(C(=O)c1ccc2c(c1)CCNC2)c1nn[c-]s1.[CH3-].[Y]. The van der Waals surface area contributed by atoms with Gasteiger partial charge in [0.25, 0.3) is 0 Å². The Morgan fingerprint density at radius 1 is 1.43 bits per heavy atom. The number of carbonyl (C=O) groups is 1. The van der Waals surface area contributed by atoms with Crippen molar-refractivity contribution >= 4 is 22.4 Å². The molecular formula is C14H16N4OSY-2. The molecule has 1 aliphatic rings. The zero-order valence-corrected chi connectivity index (χ0v) is 15.7. The van der Waals surface area contributed by atoms with Crippen LogP contribution in [0.1, 0.15) is 21.5 Å². The summed E-state index contributed by atoms with van der Waals surface area (Å²) in [5.74, 6) is -0.0634. The van der Waals surface area contributed by atoms with Crippen molar-refractivity contribution in [2.75, 3.05) is 18.5 Å². The van der Waals surface area contributed by atoms with Crippen molar-refractivity contribution < 1.29 is 37.5 Å². The van der Waals surface area contributed by atoms with Crippen molar-refractivity contribution in [2.24, 2.45) is 0 Å². The van der Waals surface area contributed by atoms with Crippen molar-refractivity contribution in [2.45, 2.75) is 13.0 Å². The molecule has 0 saturated heterocycles. The largest absolute Gasteiger partial charge is 0.364 e. The molecule has 1 aromatic carbocycles. The first-order valence-electron chi connectivity index (χ1n) is 6.06. The molecule has 3 rings (SSSR count). The van der Waals surface area contributed by atoms with Crippen molar-refractivity contribution in [1.29, 1.82) is 0 Å². The van der Waals surface area contributed by atoms with Gasteiger partial charge in [-0.3, -0.25) is 21.2 Å². The van der Waals surface area contributed by atoms with E-state index in [0.717, 1.165) is 19.5 Å². The zero-order valence-electron chi connectivity index (χ0n) is 12.1. The van der Waals surface area contributed by atoms with Gasteiger partial charge in [-0.1, -0.05) is 11.6 Å². The minimum atomic E-state index is -0.0634. The van der Waals surface area contributed by atoms with E-state index >= 15 is 0 Å². The maximum atomic E-state index is 12.4. The second-order valence-corrected chi connectivity index (χ2v) is 5.20. The van der Waals surface area contributed by atoms with Gasteiger partial charge in [0.05, 0.1) is 5.13 Å². The molecule has 1 amide bonds. The summed E-state index contributed by atoms with van der Waals surface area (Å²) in [6, 6.07) is 5.88. The van der Waals surface area contributed by atoms with Crippen LogP contribution in [0.5, 0.6) is 0 Å². The third-order valence-corrected chi connectivity index (χ3v) is 3.96. The molecule has 1 N–H and O–H groups in total. The summed E-state index contributed by atoms with van der Waals surface area (Å²) in [6.45, 7) is 1.84. The molecule has 0 atom stereocenters. The molecule has 0 aliphatic carbocycles. The van der Waals surface area contributed by atoms with Gasteiger partial charge >= 0.3 is 0 Å². The van der Waals surface area contributed by atoms with Crippen LogP contribution in [0.3, 0.4) is 0 Å². The number of nitrogens with zero attached hydrogens (tertiary/aromatic N) is 3. The van der Waals surface area contributed by atoms with Gasteiger partial charge in [-0.15, -0.1) is 0 Å². The maximum Gasteiger partial charge on any atom is 0.243 e. The molecule has 109 valence electrons. The van der Waals surface area contributed by atoms with Crippen molar-refractivity contribution in [3.63, 3.8) is 0 Å². The monoisotopic (exact) mass is 377 g/mol. The van der Waals surface area contributed by atoms with Gasteiger partial charge in [0, 0.05) is 44.8 Å². The van der Waals surface area contributed by atoms with Crippen LogP contribution in [0.4, 0.5) is 5.13 Å². The molecular weight excluding hydrogens is 361 g/mol. The Hall–Kier alpha value is -0.686. The number of nitrogens with one attached hydrogen (secondary N) is 1. The topological polar surface area (TPSA) is 58.1 Å². The van der Waals surface area contributed by atoms with Crippen LogP contribution in [0.15, 0.2) is 18.2 Å². The molecule has 0 unspecified atom stereocenters. The summed E-state index contributed by atoms with van der Waals surface area (Å²) in [5.41, 5.74) is 5.86. The number of anilines is 1. The molecule has 2 heterocycles. The van der Waals surface area contributed by atoms with E-state index in [2.05, 4.69) is 21.0 Å². The Morgan fingerprint density at radius 2 is 2.24 bits per heavy atom. The number of hydrogen-bond donors (Lipinski definition) is 1. The minimum absolute atomic E-state index is 0. The predicted molar refractivity (Wildman–Crippen MR) is 79.7 cm³/mol. The molecule has 1 aliphatic heterocycles. The quantitative estimate of drug-likeness (QED) is 0.810. The van der Waals surface area contributed by atoms with Crippen LogP contribution in [-0.4, -0.2) is 29.7 Å². The average molecular weight is 377 g/mol. The third-order valence-electron chi connectivity index (χ3n) is 3.24. The Labute approximate surface area is 154 Å². The number of hydrogen-bond acceptors (Lipinski definition) is 5. The zero-order chi connectivity index (χ0) is 13.2. The Morgan fingerprint density at radius 3 is 2.95 bits per heavy atom. The first-order valence-corrected chi connectivity index (χ1v) is 6.87. The standard InChI is InChI=1S/C13H13N4OS.CH3.Y/c1-17(13-16-15-8-19-13)12(18)10-2-3-11-7-14-5-4-9(11)6-10;;/h2-3,6,14H,4-5,7H2,1H3;1H3;/q2*-1;. The van der Waals surface area contributed by atoms with E-state index in [-0.39, 0.29) is 46.0 Å². The van der Waals surface area contributed by atoms with Gasteiger partial charge in [-0.25, -0.2) is 5.10 Å². The summed E-state index contributed by atoms with van der Waals surface area (Å²) in [7, 11) is 1.71. The van der Waals surface area contributed by atoms with E-state index < -0.39 is 0 Å². The smallest absolute Gasteiger partial charge is 0.243 e. The van der Waals surface area contributed by atoms with E-state index in [1.54, 1.807) is 7.05 Å². The number of rotatable bonds is 2. The average Bonchev–Trinajstić information content (AvgIpc) is 2.99. The van der Waals surface area contributed by atoms with Crippen LogP contribution in [0.25, 0.3) is 0 Å². The second-order valence-electron chi connectivity index (χ2n) is 4.45. The first kappa shape index (κ1) is 18.4. The van der Waals surface area contributed by atoms with Gasteiger partial charge in [-0.05, 0) is 43.3 Å². The van der Waals surface area contributed by atoms with Gasteiger partial charge in [0.1, 0.15) is 0 Å². The summed E-state index contributed by atoms with van der Waals surface area (Å²) >= 11 is 1.23. The molecule has 1 radical (unpaired) electrons. The summed E-state index contributed by atoms with van der Waals surface area (Å²) in [5, 5.41) is 11.4. The van der Waals surface area contributed by atoms with Crippen LogP contribution < -0.4 is 10.2 Å². The molecule has 0 fully saturated rings. The molecule has 0 saturated carbocycles. The number of fused-ring (bicyclic) bond motifs is 1.